The summed E-state index contributed by atoms with van der Waals surface area (Å²) in [7, 11) is 0. The van der Waals surface area contributed by atoms with Gasteiger partial charge >= 0.3 is 11.9 Å². The number of fused-ring (bicyclic) bond motifs is 2. The molecule has 0 saturated carbocycles. The molecule has 1 aromatic rings. The van der Waals surface area contributed by atoms with E-state index in [0.29, 0.717) is 23.5 Å². The molecule has 1 aliphatic rings. The lowest BCUT2D eigenvalue weighted by Crippen LogP contribution is -2.44. The molecule has 166 valence electrons. The Hall–Kier alpha value is -2.58. The number of thioether (sulfide) groups is 3. The van der Waals surface area contributed by atoms with E-state index in [1.165, 1.54) is 18.2 Å². The van der Waals surface area contributed by atoms with Crippen LogP contribution in [0.25, 0.3) is 0 Å². The molecule has 0 radical (unpaired) electrons. The SMILES string of the molecule is O=C1CSCC(=O)SC[C@H](C(=O)O)NC(=O)c2cccc(n2)C(=O)N[C@@H](C(=O)O)CS1. The molecule has 0 aromatic carbocycles. The fraction of sp³-hybridized carbons (Fsp3) is 0.353. The lowest BCUT2D eigenvalue weighted by atomic mass is 10.2. The summed E-state index contributed by atoms with van der Waals surface area (Å²) < 4.78 is 0. The maximum atomic E-state index is 12.4. The van der Waals surface area contributed by atoms with Crippen LogP contribution in [0.4, 0.5) is 0 Å². The summed E-state index contributed by atoms with van der Waals surface area (Å²) in [5.74, 6) is -5.07. The van der Waals surface area contributed by atoms with Gasteiger partial charge in [0.05, 0.1) is 11.5 Å². The van der Waals surface area contributed by atoms with Gasteiger partial charge in [-0.15, -0.1) is 11.8 Å². The van der Waals surface area contributed by atoms with Gasteiger partial charge in [0.1, 0.15) is 23.5 Å². The third kappa shape index (κ3) is 7.88. The van der Waals surface area contributed by atoms with E-state index in [9.17, 15) is 39.0 Å². The molecule has 0 aliphatic carbocycles. The summed E-state index contributed by atoms with van der Waals surface area (Å²) in [6.07, 6.45) is 0. The molecular weight excluding hydrogens is 470 g/mol. The Morgan fingerprint density at radius 2 is 1.26 bits per heavy atom. The lowest BCUT2D eigenvalue weighted by Gasteiger charge is -2.15. The van der Waals surface area contributed by atoms with Crippen LogP contribution in [-0.2, 0) is 19.2 Å². The molecular formula is C17H17N3O8S3. The molecule has 1 aromatic heterocycles. The van der Waals surface area contributed by atoms with Gasteiger partial charge in [-0.2, -0.15) is 0 Å². The zero-order valence-electron chi connectivity index (χ0n) is 15.7. The predicted octanol–water partition coefficient (Wildman–Crippen LogP) is -0.286. The highest BCUT2D eigenvalue weighted by atomic mass is 32.2. The number of nitrogens with one attached hydrogen (secondary N) is 2. The Morgan fingerprint density at radius 3 is 1.65 bits per heavy atom. The minimum Gasteiger partial charge on any atom is -0.480 e. The first kappa shape index (κ1) is 24.7. The van der Waals surface area contributed by atoms with Crippen molar-refractivity contribution in [3.05, 3.63) is 29.6 Å². The molecule has 0 unspecified atom stereocenters. The smallest absolute Gasteiger partial charge is 0.327 e. The fourth-order valence-electron chi connectivity index (χ4n) is 2.15. The molecule has 0 saturated heterocycles. The third-order valence-corrected chi connectivity index (χ3v) is 6.91. The van der Waals surface area contributed by atoms with Crippen LogP contribution in [0, 0.1) is 0 Å². The van der Waals surface area contributed by atoms with Gasteiger partial charge in [-0.05, 0) is 12.1 Å². The average Bonchev–Trinajstić information content (AvgIpc) is 2.72. The second kappa shape index (κ2) is 11.7. The Bertz CT molecular complexity index is 843. The maximum Gasteiger partial charge on any atom is 0.327 e. The van der Waals surface area contributed by atoms with Gasteiger partial charge in [0.25, 0.3) is 11.8 Å². The minimum absolute atomic E-state index is 0.0695. The van der Waals surface area contributed by atoms with E-state index in [1.54, 1.807) is 0 Å². The molecule has 2 bridgehead atoms. The number of amides is 2. The van der Waals surface area contributed by atoms with Crippen molar-refractivity contribution >= 4 is 69.3 Å². The first-order chi connectivity index (χ1) is 14.7. The van der Waals surface area contributed by atoms with Crippen molar-refractivity contribution in [2.45, 2.75) is 12.1 Å². The topological polar surface area (TPSA) is 180 Å². The molecule has 1 aliphatic heterocycles. The molecule has 14 heteroatoms. The molecule has 2 heterocycles. The van der Waals surface area contributed by atoms with Crippen molar-refractivity contribution < 1.29 is 39.0 Å². The molecule has 0 fully saturated rings. The zero-order chi connectivity index (χ0) is 23.0. The quantitative estimate of drug-likeness (QED) is 0.429. The number of carboxylic acids is 2. The van der Waals surface area contributed by atoms with E-state index >= 15 is 0 Å². The number of aromatic nitrogens is 1. The molecule has 31 heavy (non-hydrogen) atoms. The molecule has 2 amide bonds. The Morgan fingerprint density at radius 1 is 0.839 bits per heavy atom. The first-order valence-electron chi connectivity index (χ1n) is 8.60. The van der Waals surface area contributed by atoms with Crippen molar-refractivity contribution in [1.82, 2.24) is 15.6 Å². The Labute approximate surface area is 188 Å². The fourth-order valence-corrected chi connectivity index (χ4v) is 4.91. The lowest BCUT2D eigenvalue weighted by molar-refractivity contribution is -0.139. The van der Waals surface area contributed by atoms with E-state index in [2.05, 4.69) is 15.6 Å². The number of hydrogen-bond donors (Lipinski definition) is 4. The summed E-state index contributed by atoms with van der Waals surface area (Å²) in [5, 5.41) is 22.3. The second-order valence-corrected chi connectivity index (χ2v) is 9.14. The van der Waals surface area contributed by atoms with Crippen LogP contribution in [0.3, 0.4) is 0 Å². The summed E-state index contributed by atoms with van der Waals surface area (Å²) in [6.45, 7) is 0. The number of carboxylic acid groups (broad SMARTS) is 2. The van der Waals surface area contributed by atoms with Crippen LogP contribution in [-0.4, -0.2) is 84.3 Å². The van der Waals surface area contributed by atoms with Gasteiger partial charge in [-0.1, -0.05) is 29.6 Å². The number of nitrogens with zero attached hydrogens (tertiary/aromatic N) is 1. The van der Waals surface area contributed by atoms with Crippen LogP contribution in [0.15, 0.2) is 18.2 Å². The number of pyridine rings is 1. The van der Waals surface area contributed by atoms with Gasteiger partial charge in [-0.25, -0.2) is 14.6 Å². The van der Waals surface area contributed by atoms with Gasteiger partial charge in [0, 0.05) is 11.5 Å². The van der Waals surface area contributed by atoms with Gasteiger partial charge in [0.2, 0.25) is 0 Å². The summed E-state index contributed by atoms with van der Waals surface area (Å²) in [6, 6.07) is 1.05. The van der Waals surface area contributed by atoms with E-state index in [4.69, 9.17) is 0 Å². The van der Waals surface area contributed by atoms with E-state index < -0.39 is 35.8 Å². The van der Waals surface area contributed by atoms with E-state index in [-0.39, 0.29) is 44.6 Å². The Balaban J connectivity index is 2.29. The number of aliphatic carboxylic acids is 2. The highest BCUT2D eigenvalue weighted by molar-refractivity contribution is 8.17. The number of carbonyl (C=O) groups is 6. The van der Waals surface area contributed by atoms with Crippen molar-refractivity contribution in [3.8, 4) is 0 Å². The van der Waals surface area contributed by atoms with E-state index in [0.717, 1.165) is 11.8 Å². The molecule has 2 atom stereocenters. The maximum absolute atomic E-state index is 12.4. The van der Waals surface area contributed by atoms with Crippen molar-refractivity contribution in [1.29, 1.82) is 0 Å². The molecule has 4 N–H and O–H groups in total. The van der Waals surface area contributed by atoms with Crippen LogP contribution in [0.5, 0.6) is 0 Å². The minimum atomic E-state index is -1.39. The normalized spacial score (nSPS) is 21.9. The van der Waals surface area contributed by atoms with Crippen LogP contribution < -0.4 is 10.6 Å². The highest BCUT2D eigenvalue weighted by Gasteiger charge is 2.26. The van der Waals surface area contributed by atoms with Crippen molar-refractivity contribution in [2.75, 3.05) is 23.0 Å². The first-order valence-corrected chi connectivity index (χ1v) is 11.7. The summed E-state index contributed by atoms with van der Waals surface area (Å²) in [4.78, 5) is 75.3. The third-order valence-electron chi connectivity index (χ3n) is 3.68. The number of rotatable bonds is 2. The summed E-state index contributed by atoms with van der Waals surface area (Å²) in [5.41, 5.74) is -0.522. The van der Waals surface area contributed by atoms with Gasteiger partial charge in [0.15, 0.2) is 10.2 Å². The standard InChI is InChI=1S/C17H17N3O8S3/c21-12-6-29-7-13(22)31-5-11(17(27)28)20-15(24)9-3-1-2-8(18-9)14(23)19-10(4-30-12)16(25)26/h1-3,10-11H,4-7H2,(H,19,23)(H,20,24)(H,25,26)(H,27,28)/t10-,11-/m1/s1. The second-order valence-electron chi connectivity index (χ2n) is 6.00. The van der Waals surface area contributed by atoms with Crippen LogP contribution >= 0.6 is 35.3 Å². The molecule has 0 spiro atoms. The number of hydrogen-bond acceptors (Lipinski definition) is 10. The van der Waals surface area contributed by atoms with Gasteiger partial charge in [-0.3, -0.25) is 19.2 Å². The van der Waals surface area contributed by atoms with E-state index in [1.807, 2.05) is 0 Å². The number of carbonyl (C=O) groups excluding carboxylic acids is 4. The monoisotopic (exact) mass is 487 g/mol. The van der Waals surface area contributed by atoms with Crippen LogP contribution in [0.2, 0.25) is 0 Å². The van der Waals surface area contributed by atoms with Crippen molar-refractivity contribution in [3.63, 3.8) is 0 Å². The van der Waals surface area contributed by atoms with Gasteiger partial charge < -0.3 is 20.8 Å². The van der Waals surface area contributed by atoms with Crippen LogP contribution in [0.1, 0.15) is 21.0 Å². The predicted molar refractivity (Wildman–Crippen MR) is 114 cm³/mol. The summed E-state index contributed by atoms with van der Waals surface area (Å²) >= 11 is 2.40. The largest absolute Gasteiger partial charge is 0.480 e. The Kier molecular flexibility index (Phi) is 9.33. The molecule has 2 rings (SSSR count). The van der Waals surface area contributed by atoms with Crippen molar-refractivity contribution in [2.24, 2.45) is 0 Å². The highest BCUT2D eigenvalue weighted by Crippen LogP contribution is 2.15. The average molecular weight is 488 g/mol. The molecule has 11 nitrogen and oxygen atoms in total. The zero-order valence-corrected chi connectivity index (χ0v) is 18.2.